The van der Waals surface area contributed by atoms with Gasteiger partial charge in [-0.15, -0.1) is 0 Å². The molecule has 2 aromatic carbocycles. The average Bonchev–Trinajstić information content (AvgIpc) is 3.31. The van der Waals surface area contributed by atoms with Crippen LogP contribution in [0.3, 0.4) is 0 Å². The van der Waals surface area contributed by atoms with Crippen molar-refractivity contribution in [3.8, 4) is 0 Å². The third-order valence-corrected chi connectivity index (χ3v) is 5.25. The van der Waals surface area contributed by atoms with Crippen molar-refractivity contribution < 1.29 is 24.0 Å². The summed E-state index contributed by atoms with van der Waals surface area (Å²) < 4.78 is 10.8. The Morgan fingerprint density at radius 1 is 1.03 bits per heavy atom. The van der Waals surface area contributed by atoms with Gasteiger partial charge in [0.25, 0.3) is 0 Å². The zero-order valence-corrected chi connectivity index (χ0v) is 18.9. The molecule has 174 valence electrons. The third kappa shape index (κ3) is 6.66. The number of alkyl carbamates (subject to hydrolysis) is 1. The summed E-state index contributed by atoms with van der Waals surface area (Å²) in [6, 6.07) is 17.6. The highest BCUT2D eigenvalue weighted by atomic mass is 16.5. The highest BCUT2D eigenvalue weighted by molar-refractivity contribution is 5.95. The highest BCUT2D eigenvalue weighted by Gasteiger charge is 2.26. The van der Waals surface area contributed by atoms with E-state index >= 15 is 0 Å². The molecule has 3 aromatic rings. The maximum absolute atomic E-state index is 12.6. The largest absolute Gasteiger partial charge is 0.445 e. The van der Waals surface area contributed by atoms with E-state index in [-0.39, 0.29) is 25.0 Å². The van der Waals surface area contributed by atoms with Crippen molar-refractivity contribution in [3.63, 3.8) is 0 Å². The maximum atomic E-state index is 12.6. The summed E-state index contributed by atoms with van der Waals surface area (Å²) >= 11 is 0. The minimum atomic E-state index is -0.571. The number of rotatable bonds is 9. The number of hydrogen-bond donors (Lipinski definition) is 3. The fourth-order valence-corrected chi connectivity index (χ4v) is 3.19. The lowest BCUT2D eigenvalue weighted by Gasteiger charge is -2.19. The Hall–Kier alpha value is -3.65. The fourth-order valence-electron chi connectivity index (χ4n) is 3.19. The van der Waals surface area contributed by atoms with Gasteiger partial charge in [0, 0.05) is 11.8 Å². The van der Waals surface area contributed by atoms with E-state index in [9.17, 15) is 9.59 Å². The summed E-state index contributed by atoms with van der Waals surface area (Å²) in [5.74, 6) is -0.367. The second-order valence-electron chi connectivity index (χ2n) is 8.15. The van der Waals surface area contributed by atoms with Gasteiger partial charge < -0.3 is 25.0 Å². The Bertz CT molecular complexity index is 1050. The number of aromatic nitrogens is 1. The number of amides is 2. The molecule has 0 fully saturated rings. The number of nitrogens with one attached hydrogen (secondary N) is 2. The number of carbonyl (C=O) groups excluding carboxylic acids is 2. The summed E-state index contributed by atoms with van der Waals surface area (Å²) in [6.07, 6.45) is -0.562. The normalized spacial score (nSPS) is 12.8. The van der Waals surface area contributed by atoms with Crippen LogP contribution in [0.5, 0.6) is 0 Å². The molecule has 8 heteroatoms. The molecule has 0 saturated carbocycles. The van der Waals surface area contributed by atoms with Crippen molar-refractivity contribution in [2.75, 3.05) is 5.32 Å². The molecule has 0 radical (unpaired) electrons. The summed E-state index contributed by atoms with van der Waals surface area (Å²) in [7, 11) is 0. The van der Waals surface area contributed by atoms with Gasteiger partial charge in [-0.25, -0.2) is 4.79 Å². The Balaban J connectivity index is 1.61. The fraction of sp³-hybridized carbons (Fsp3) is 0.320. The molecule has 3 rings (SSSR count). The Morgan fingerprint density at radius 2 is 1.73 bits per heavy atom. The van der Waals surface area contributed by atoms with Crippen LogP contribution in [0.1, 0.15) is 55.3 Å². The minimum absolute atomic E-state index is 0.00393. The predicted molar refractivity (Wildman–Crippen MR) is 123 cm³/mol. The molecular formula is C25H29N3O5. The number of benzene rings is 2. The molecule has 2 atom stereocenters. The molecule has 0 aliphatic rings. The van der Waals surface area contributed by atoms with E-state index in [4.69, 9.17) is 14.4 Å². The standard InChI is InChI=1S/C25H29N3O5/c1-16(2)23(27-25(31)32-15-19-7-5-4-6-8-19)22-13-21(28-33-22)17(3)24(30)26-20-11-9-18(14-29)10-12-20/h4-13,16-17,23,29H,14-15H2,1-3H3,(H,26,30)(H,27,31)/t17?,23-/m0/s1. The lowest BCUT2D eigenvalue weighted by atomic mass is 10.00. The number of aliphatic hydroxyl groups excluding tert-OH is 1. The summed E-state index contributed by atoms with van der Waals surface area (Å²) in [5.41, 5.74) is 2.73. The number of ether oxygens (including phenoxy) is 1. The smallest absolute Gasteiger partial charge is 0.408 e. The number of aliphatic hydroxyl groups is 1. The van der Waals surface area contributed by atoms with Crippen LogP contribution in [0.4, 0.5) is 10.5 Å². The van der Waals surface area contributed by atoms with E-state index < -0.39 is 18.1 Å². The van der Waals surface area contributed by atoms with Crippen LogP contribution in [0.15, 0.2) is 65.2 Å². The number of carbonyl (C=O) groups is 2. The van der Waals surface area contributed by atoms with Crippen LogP contribution in [-0.2, 0) is 22.7 Å². The van der Waals surface area contributed by atoms with E-state index in [1.165, 1.54) is 0 Å². The quantitative estimate of drug-likeness (QED) is 0.440. The van der Waals surface area contributed by atoms with Crippen molar-refractivity contribution in [3.05, 3.63) is 83.2 Å². The van der Waals surface area contributed by atoms with E-state index in [2.05, 4.69) is 15.8 Å². The topological polar surface area (TPSA) is 114 Å². The number of anilines is 1. The van der Waals surface area contributed by atoms with Crippen LogP contribution in [0.2, 0.25) is 0 Å². The van der Waals surface area contributed by atoms with E-state index in [1.807, 2.05) is 44.2 Å². The van der Waals surface area contributed by atoms with Gasteiger partial charge in [0.15, 0.2) is 5.76 Å². The van der Waals surface area contributed by atoms with E-state index in [0.717, 1.165) is 11.1 Å². The average molecular weight is 452 g/mol. The third-order valence-electron chi connectivity index (χ3n) is 5.25. The van der Waals surface area contributed by atoms with Crippen LogP contribution >= 0.6 is 0 Å². The van der Waals surface area contributed by atoms with Crippen molar-refractivity contribution in [1.29, 1.82) is 0 Å². The highest BCUT2D eigenvalue weighted by Crippen LogP contribution is 2.26. The first-order valence-corrected chi connectivity index (χ1v) is 10.8. The molecule has 1 unspecified atom stereocenters. The second-order valence-corrected chi connectivity index (χ2v) is 8.15. The van der Waals surface area contributed by atoms with Gasteiger partial charge in [-0.2, -0.15) is 0 Å². The molecule has 0 saturated heterocycles. The van der Waals surface area contributed by atoms with E-state index in [1.54, 1.807) is 37.3 Å². The first-order valence-electron chi connectivity index (χ1n) is 10.8. The first kappa shape index (κ1) is 24.0. The van der Waals surface area contributed by atoms with Crippen LogP contribution in [0.25, 0.3) is 0 Å². The predicted octanol–water partition coefficient (Wildman–Crippen LogP) is 4.53. The zero-order chi connectivity index (χ0) is 23.8. The van der Waals surface area contributed by atoms with Crippen LogP contribution in [0, 0.1) is 5.92 Å². The molecule has 8 nitrogen and oxygen atoms in total. The molecule has 33 heavy (non-hydrogen) atoms. The van der Waals surface area contributed by atoms with Gasteiger partial charge >= 0.3 is 6.09 Å². The zero-order valence-electron chi connectivity index (χ0n) is 18.9. The molecule has 0 spiro atoms. The summed E-state index contributed by atoms with van der Waals surface area (Å²) in [6.45, 7) is 5.71. The molecular weight excluding hydrogens is 422 g/mol. The molecule has 0 aliphatic carbocycles. The molecule has 2 amide bonds. The Morgan fingerprint density at radius 3 is 2.36 bits per heavy atom. The van der Waals surface area contributed by atoms with E-state index in [0.29, 0.717) is 17.1 Å². The van der Waals surface area contributed by atoms with Crippen molar-refractivity contribution >= 4 is 17.7 Å². The van der Waals surface area contributed by atoms with Crippen LogP contribution < -0.4 is 10.6 Å². The van der Waals surface area contributed by atoms with Gasteiger partial charge in [-0.1, -0.05) is 61.5 Å². The van der Waals surface area contributed by atoms with Crippen molar-refractivity contribution in [1.82, 2.24) is 10.5 Å². The van der Waals surface area contributed by atoms with Gasteiger partial charge in [0.05, 0.1) is 24.3 Å². The monoisotopic (exact) mass is 451 g/mol. The Kier molecular flexibility index (Phi) is 8.21. The maximum Gasteiger partial charge on any atom is 0.408 e. The summed E-state index contributed by atoms with van der Waals surface area (Å²) in [4.78, 5) is 25.0. The number of nitrogens with zero attached hydrogens (tertiary/aromatic N) is 1. The molecule has 3 N–H and O–H groups in total. The SMILES string of the molecule is CC(C(=O)Nc1ccc(CO)cc1)c1cc([C@@H](NC(=O)OCc2ccccc2)C(C)C)on1. The summed E-state index contributed by atoms with van der Waals surface area (Å²) in [5, 5.41) is 18.8. The lowest BCUT2D eigenvalue weighted by molar-refractivity contribution is -0.117. The number of hydrogen-bond acceptors (Lipinski definition) is 6. The van der Waals surface area contributed by atoms with Crippen molar-refractivity contribution in [2.45, 2.75) is 45.9 Å². The minimum Gasteiger partial charge on any atom is -0.445 e. The first-order chi connectivity index (χ1) is 15.9. The van der Waals surface area contributed by atoms with Crippen molar-refractivity contribution in [2.24, 2.45) is 5.92 Å². The molecule has 1 aromatic heterocycles. The lowest BCUT2D eigenvalue weighted by Crippen LogP contribution is -2.32. The van der Waals surface area contributed by atoms with Gasteiger partial charge in [0.2, 0.25) is 5.91 Å². The molecule has 1 heterocycles. The Labute approximate surface area is 192 Å². The van der Waals surface area contributed by atoms with Gasteiger partial charge in [0.1, 0.15) is 6.61 Å². The molecule has 0 bridgehead atoms. The van der Waals surface area contributed by atoms with Gasteiger partial charge in [-0.3, -0.25) is 4.79 Å². The molecule has 0 aliphatic heterocycles. The van der Waals surface area contributed by atoms with Crippen LogP contribution in [-0.4, -0.2) is 22.3 Å². The van der Waals surface area contributed by atoms with Gasteiger partial charge in [-0.05, 0) is 36.1 Å². The second kappa shape index (κ2) is 11.3.